The maximum atomic E-state index is 11.2. The molecule has 1 rings (SSSR count). The molecule has 0 fully saturated rings. The Kier molecular flexibility index (Phi) is 6.35. The fraction of sp³-hybridized carbons (Fsp3) is 0.462. The van der Waals surface area contributed by atoms with Crippen LogP contribution in [0.15, 0.2) is 18.9 Å². The minimum Gasteiger partial charge on any atom is -0.476 e. The monoisotopic (exact) mass is 281 g/mol. The summed E-state index contributed by atoms with van der Waals surface area (Å²) in [7, 11) is 0. The van der Waals surface area contributed by atoms with Crippen LogP contribution in [0.2, 0.25) is 0 Å². The maximum Gasteiger partial charge on any atom is 0.356 e. The molecule has 0 aromatic carbocycles. The Hall–Kier alpha value is -1.56. The fourth-order valence-corrected chi connectivity index (χ4v) is 1.97. The summed E-state index contributed by atoms with van der Waals surface area (Å²) in [5.41, 5.74) is 0.503. The lowest BCUT2D eigenvalue weighted by Gasteiger charge is -2.10. The highest BCUT2D eigenvalue weighted by atomic mass is 32.2. The molecule has 0 saturated carbocycles. The average Bonchev–Trinajstić information content (AvgIpc) is 2.38. The molecule has 0 radical (unpaired) electrons. The van der Waals surface area contributed by atoms with Gasteiger partial charge in [0.05, 0.1) is 11.9 Å². The third-order valence-electron chi connectivity index (χ3n) is 2.32. The van der Waals surface area contributed by atoms with Gasteiger partial charge in [0.15, 0.2) is 5.69 Å². The van der Waals surface area contributed by atoms with E-state index in [1.807, 2.05) is 19.9 Å². The SMILES string of the molecule is C=CCSCCNc1cnc(C(C)C)nc1C(=O)O. The van der Waals surface area contributed by atoms with Gasteiger partial charge in [-0.3, -0.25) is 0 Å². The van der Waals surface area contributed by atoms with Crippen LogP contribution in [-0.2, 0) is 0 Å². The first kappa shape index (κ1) is 15.5. The highest BCUT2D eigenvalue weighted by Gasteiger charge is 2.15. The quantitative estimate of drug-likeness (QED) is 0.563. The summed E-state index contributed by atoms with van der Waals surface area (Å²) < 4.78 is 0. The van der Waals surface area contributed by atoms with Crippen molar-refractivity contribution in [3.05, 3.63) is 30.4 Å². The normalized spacial score (nSPS) is 10.5. The molecular formula is C13H19N3O2S. The number of anilines is 1. The zero-order chi connectivity index (χ0) is 14.3. The van der Waals surface area contributed by atoms with Crippen molar-refractivity contribution in [2.24, 2.45) is 0 Å². The Labute approximate surface area is 117 Å². The number of aromatic carboxylic acids is 1. The van der Waals surface area contributed by atoms with Gasteiger partial charge in [0.2, 0.25) is 0 Å². The second-order valence-corrected chi connectivity index (χ2v) is 5.39. The van der Waals surface area contributed by atoms with Crippen LogP contribution in [0.1, 0.15) is 36.1 Å². The second-order valence-electron chi connectivity index (χ2n) is 4.24. The molecule has 0 unspecified atom stereocenters. The van der Waals surface area contributed by atoms with Crippen molar-refractivity contribution < 1.29 is 9.90 Å². The standard InChI is InChI=1S/C13H19N3O2S/c1-4-6-19-7-5-14-10-8-15-12(9(2)3)16-11(10)13(17)18/h4,8-9,14H,1,5-7H2,2-3H3,(H,17,18). The van der Waals surface area contributed by atoms with Gasteiger partial charge in [-0.2, -0.15) is 11.8 Å². The molecule has 5 nitrogen and oxygen atoms in total. The topological polar surface area (TPSA) is 75.1 Å². The predicted molar refractivity (Wildman–Crippen MR) is 79.1 cm³/mol. The van der Waals surface area contributed by atoms with E-state index in [9.17, 15) is 4.79 Å². The van der Waals surface area contributed by atoms with Crippen LogP contribution in [0.25, 0.3) is 0 Å². The van der Waals surface area contributed by atoms with E-state index in [-0.39, 0.29) is 11.6 Å². The van der Waals surface area contributed by atoms with E-state index < -0.39 is 5.97 Å². The molecule has 19 heavy (non-hydrogen) atoms. The molecular weight excluding hydrogens is 262 g/mol. The van der Waals surface area contributed by atoms with E-state index >= 15 is 0 Å². The molecule has 1 heterocycles. The largest absolute Gasteiger partial charge is 0.476 e. The molecule has 2 N–H and O–H groups in total. The minimum absolute atomic E-state index is 0.0346. The van der Waals surface area contributed by atoms with Crippen LogP contribution < -0.4 is 5.32 Å². The average molecular weight is 281 g/mol. The summed E-state index contributed by atoms with van der Waals surface area (Å²) in [5, 5.41) is 12.2. The molecule has 0 aliphatic carbocycles. The van der Waals surface area contributed by atoms with Gasteiger partial charge in [0.1, 0.15) is 5.82 Å². The fourth-order valence-electron chi connectivity index (χ4n) is 1.39. The first-order valence-corrected chi connectivity index (χ1v) is 7.24. The van der Waals surface area contributed by atoms with Crippen LogP contribution in [0.5, 0.6) is 0 Å². The van der Waals surface area contributed by atoms with Crippen molar-refractivity contribution in [1.82, 2.24) is 9.97 Å². The second kappa shape index (κ2) is 7.78. The van der Waals surface area contributed by atoms with Crippen molar-refractivity contribution >= 4 is 23.4 Å². The van der Waals surface area contributed by atoms with Crippen LogP contribution in [-0.4, -0.2) is 39.1 Å². The van der Waals surface area contributed by atoms with Gasteiger partial charge in [-0.1, -0.05) is 19.9 Å². The highest BCUT2D eigenvalue weighted by Crippen LogP contribution is 2.16. The number of carboxylic acid groups (broad SMARTS) is 1. The Bertz CT molecular complexity index is 450. The Morgan fingerprint density at radius 2 is 2.37 bits per heavy atom. The van der Waals surface area contributed by atoms with Crippen molar-refractivity contribution in [2.45, 2.75) is 19.8 Å². The van der Waals surface area contributed by atoms with Crippen LogP contribution in [0.4, 0.5) is 5.69 Å². The summed E-state index contributed by atoms with van der Waals surface area (Å²) in [6.07, 6.45) is 3.39. The minimum atomic E-state index is -1.04. The van der Waals surface area contributed by atoms with Crippen molar-refractivity contribution in [2.75, 3.05) is 23.4 Å². The smallest absolute Gasteiger partial charge is 0.356 e. The number of carboxylic acids is 1. The van der Waals surface area contributed by atoms with E-state index in [2.05, 4.69) is 21.9 Å². The van der Waals surface area contributed by atoms with E-state index in [4.69, 9.17) is 5.11 Å². The lowest BCUT2D eigenvalue weighted by molar-refractivity contribution is 0.0691. The van der Waals surface area contributed by atoms with Gasteiger partial charge in [0.25, 0.3) is 0 Å². The van der Waals surface area contributed by atoms with Gasteiger partial charge in [-0.25, -0.2) is 14.8 Å². The molecule has 104 valence electrons. The van der Waals surface area contributed by atoms with Gasteiger partial charge < -0.3 is 10.4 Å². The Balaban J connectivity index is 2.71. The van der Waals surface area contributed by atoms with E-state index in [1.165, 1.54) is 0 Å². The Morgan fingerprint density at radius 1 is 1.63 bits per heavy atom. The lowest BCUT2D eigenvalue weighted by atomic mass is 10.2. The molecule has 0 bridgehead atoms. The number of carbonyl (C=O) groups is 1. The van der Waals surface area contributed by atoms with Crippen LogP contribution in [0.3, 0.4) is 0 Å². The molecule has 0 amide bonds. The third-order valence-corrected chi connectivity index (χ3v) is 3.29. The number of hydrogen-bond acceptors (Lipinski definition) is 5. The van der Waals surface area contributed by atoms with E-state index in [0.29, 0.717) is 18.1 Å². The molecule has 1 aromatic heterocycles. The lowest BCUT2D eigenvalue weighted by Crippen LogP contribution is -2.13. The van der Waals surface area contributed by atoms with Crippen LogP contribution >= 0.6 is 11.8 Å². The summed E-state index contributed by atoms with van der Waals surface area (Å²) in [4.78, 5) is 19.5. The summed E-state index contributed by atoms with van der Waals surface area (Å²) in [6.45, 7) is 8.17. The molecule has 0 spiro atoms. The number of rotatable bonds is 8. The number of thioether (sulfide) groups is 1. The molecule has 0 aliphatic rings. The van der Waals surface area contributed by atoms with E-state index in [0.717, 1.165) is 11.5 Å². The molecule has 0 saturated heterocycles. The van der Waals surface area contributed by atoms with Crippen molar-refractivity contribution in [3.63, 3.8) is 0 Å². The predicted octanol–water partition coefficient (Wildman–Crippen LogP) is 2.63. The maximum absolute atomic E-state index is 11.2. The van der Waals surface area contributed by atoms with E-state index in [1.54, 1.807) is 18.0 Å². The van der Waals surface area contributed by atoms with Gasteiger partial charge >= 0.3 is 5.97 Å². The third kappa shape index (κ3) is 4.90. The van der Waals surface area contributed by atoms with Crippen molar-refractivity contribution in [1.29, 1.82) is 0 Å². The zero-order valence-corrected chi connectivity index (χ0v) is 12.0. The first-order chi connectivity index (χ1) is 9.06. The summed E-state index contributed by atoms with van der Waals surface area (Å²) in [6, 6.07) is 0. The number of nitrogens with zero attached hydrogens (tertiary/aromatic N) is 2. The summed E-state index contributed by atoms with van der Waals surface area (Å²) in [5.74, 6) is 1.37. The van der Waals surface area contributed by atoms with Gasteiger partial charge in [0, 0.05) is 24.0 Å². The summed E-state index contributed by atoms with van der Waals surface area (Å²) >= 11 is 1.73. The number of aromatic nitrogens is 2. The highest BCUT2D eigenvalue weighted by molar-refractivity contribution is 7.99. The molecule has 0 aliphatic heterocycles. The van der Waals surface area contributed by atoms with Gasteiger partial charge in [-0.15, -0.1) is 6.58 Å². The zero-order valence-electron chi connectivity index (χ0n) is 11.2. The Morgan fingerprint density at radius 3 is 2.95 bits per heavy atom. The molecule has 1 aromatic rings. The van der Waals surface area contributed by atoms with Gasteiger partial charge in [-0.05, 0) is 0 Å². The number of nitrogens with one attached hydrogen (secondary N) is 1. The molecule has 6 heteroatoms. The first-order valence-electron chi connectivity index (χ1n) is 6.09. The number of hydrogen-bond donors (Lipinski definition) is 2. The van der Waals surface area contributed by atoms with Crippen LogP contribution in [0, 0.1) is 0 Å². The molecule has 0 atom stereocenters. The van der Waals surface area contributed by atoms with Crippen molar-refractivity contribution in [3.8, 4) is 0 Å².